The van der Waals surface area contributed by atoms with Crippen molar-refractivity contribution in [3.63, 3.8) is 0 Å². The summed E-state index contributed by atoms with van der Waals surface area (Å²) in [5.41, 5.74) is 2.58. The van der Waals surface area contributed by atoms with Gasteiger partial charge in [-0.25, -0.2) is 25.0 Å². The van der Waals surface area contributed by atoms with Crippen molar-refractivity contribution < 1.29 is 4.74 Å². The van der Waals surface area contributed by atoms with Gasteiger partial charge < -0.3 is 9.30 Å². The Kier molecular flexibility index (Phi) is 5.53. The molecular formula is C17H20Cl2N4OS. The lowest BCUT2D eigenvalue weighted by molar-refractivity contribution is 0.0937. The van der Waals surface area contributed by atoms with Crippen LogP contribution in [0.15, 0.2) is 30.6 Å². The van der Waals surface area contributed by atoms with E-state index in [9.17, 15) is 0 Å². The van der Waals surface area contributed by atoms with Crippen LogP contribution in [0.2, 0.25) is 10.4 Å². The van der Waals surface area contributed by atoms with Gasteiger partial charge in [-0.2, -0.15) is 0 Å². The predicted molar refractivity (Wildman–Crippen MR) is 107 cm³/mol. The number of aromatic nitrogens is 4. The van der Waals surface area contributed by atoms with Crippen LogP contribution >= 0.6 is 33.2 Å². The third-order valence-corrected chi connectivity index (χ3v) is 5.48. The molecule has 0 aromatic carbocycles. The van der Waals surface area contributed by atoms with E-state index in [0.29, 0.717) is 18.5 Å². The summed E-state index contributed by atoms with van der Waals surface area (Å²) in [5, 5.41) is 1.63. The monoisotopic (exact) mass is 398 g/mol. The van der Waals surface area contributed by atoms with Gasteiger partial charge in [0, 0.05) is 23.5 Å². The van der Waals surface area contributed by atoms with E-state index in [4.69, 9.17) is 27.9 Å². The average molecular weight is 399 g/mol. The molecule has 134 valence electrons. The molecule has 3 aromatic heterocycles. The summed E-state index contributed by atoms with van der Waals surface area (Å²) in [4.78, 5) is 12.4. The first-order valence-electron chi connectivity index (χ1n) is 7.71. The Labute approximate surface area is 158 Å². The molecular weight excluding hydrogens is 379 g/mol. The fourth-order valence-electron chi connectivity index (χ4n) is 2.42. The molecule has 0 saturated carbocycles. The molecule has 0 atom stereocenters. The van der Waals surface area contributed by atoms with Gasteiger partial charge in [-0.15, -0.1) is 0 Å². The predicted octanol–water partition coefficient (Wildman–Crippen LogP) is 4.47. The molecule has 0 aliphatic carbocycles. The lowest BCUT2D eigenvalue weighted by Crippen LogP contribution is -2.10. The summed E-state index contributed by atoms with van der Waals surface area (Å²) in [6, 6.07) is 5.67. The second kappa shape index (κ2) is 7.50. The van der Waals surface area contributed by atoms with Crippen molar-refractivity contribution in [1.82, 2.24) is 19.5 Å². The fraction of sp³-hybridized carbons (Fsp3) is 0.353. The van der Waals surface area contributed by atoms with Gasteiger partial charge in [-0.1, -0.05) is 11.6 Å². The highest BCUT2D eigenvalue weighted by atomic mass is 35.5. The molecule has 0 amide bonds. The normalized spacial score (nSPS) is 12.7. The van der Waals surface area contributed by atoms with Crippen molar-refractivity contribution in [3.8, 4) is 11.4 Å². The summed E-state index contributed by atoms with van der Waals surface area (Å²) in [6.45, 7) is 1.12. The molecule has 0 N–H and O–H groups in total. The van der Waals surface area contributed by atoms with Gasteiger partial charge in [0.05, 0.1) is 23.5 Å². The Balaban J connectivity index is 1.95. The molecule has 0 aliphatic heterocycles. The Morgan fingerprint density at radius 3 is 2.68 bits per heavy atom. The maximum atomic E-state index is 6.08. The molecule has 0 radical (unpaired) electrons. The van der Waals surface area contributed by atoms with Gasteiger partial charge >= 0.3 is 0 Å². The molecule has 0 aliphatic rings. The van der Waals surface area contributed by atoms with Crippen LogP contribution in [0.25, 0.3) is 22.3 Å². The van der Waals surface area contributed by atoms with Crippen LogP contribution < -0.4 is 0 Å². The van der Waals surface area contributed by atoms with Crippen LogP contribution in [-0.2, 0) is 11.5 Å². The topological polar surface area (TPSA) is 52.8 Å². The van der Waals surface area contributed by atoms with Crippen molar-refractivity contribution in [3.05, 3.63) is 41.0 Å². The highest BCUT2D eigenvalue weighted by Gasteiger charge is 2.14. The summed E-state index contributed by atoms with van der Waals surface area (Å²) in [7, 11) is -0.586. The van der Waals surface area contributed by atoms with E-state index >= 15 is 0 Å². The smallest absolute Gasteiger partial charge is 0.222 e. The van der Waals surface area contributed by atoms with Gasteiger partial charge in [0.2, 0.25) is 5.28 Å². The number of hydrogen-bond acceptors (Lipinski definition) is 4. The number of nitrogens with zero attached hydrogens (tertiary/aromatic N) is 4. The SMILES string of the molecule is CS(C)(C)CCOCn1c(-c2ccnc(Cl)n2)cc2cnc(Cl)cc21. The zero-order valence-corrected chi connectivity index (χ0v) is 16.7. The summed E-state index contributed by atoms with van der Waals surface area (Å²) >= 11 is 12.0. The number of rotatable bonds is 6. The van der Waals surface area contributed by atoms with E-state index in [1.54, 1.807) is 12.4 Å². The van der Waals surface area contributed by atoms with Gasteiger partial charge in [0.1, 0.15) is 11.9 Å². The van der Waals surface area contributed by atoms with Gasteiger partial charge in [0.25, 0.3) is 0 Å². The molecule has 5 nitrogen and oxygen atoms in total. The molecule has 0 spiro atoms. The number of pyridine rings is 1. The van der Waals surface area contributed by atoms with Crippen molar-refractivity contribution in [1.29, 1.82) is 0 Å². The van der Waals surface area contributed by atoms with Crippen LogP contribution in [0.5, 0.6) is 0 Å². The molecule has 3 heterocycles. The molecule has 0 fully saturated rings. The molecule has 0 saturated heterocycles. The number of hydrogen-bond donors (Lipinski definition) is 0. The lowest BCUT2D eigenvalue weighted by Gasteiger charge is -2.24. The van der Waals surface area contributed by atoms with E-state index in [-0.39, 0.29) is 5.28 Å². The first-order valence-corrected chi connectivity index (χ1v) is 11.5. The molecule has 3 aromatic rings. The second-order valence-electron chi connectivity index (χ2n) is 6.57. The van der Waals surface area contributed by atoms with Crippen molar-refractivity contribution in [2.75, 3.05) is 31.1 Å². The van der Waals surface area contributed by atoms with E-state index in [0.717, 1.165) is 28.0 Å². The molecule has 0 unspecified atom stereocenters. The van der Waals surface area contributed by atoms with Crippen LogP contribution in [0.1, 0.15) is 0 Å². The minimum absolute atomic E-state index is 0.211. The van der Waals surface area contributed by atoms with Crippen molar-refractivity contribution in [2.24, 2.45) is 0 Å². The molecule has 25 heavy (non-hydrogen) atoms. The maximum absolute atomic E-state index is 6.08. The third kappa shape index (κ3) is 4.64. The van der Waals surface area contributed by atoms with Gasteiger partial charge in [0.15, 0.2) is 0 Å². The first kappa shape index (κ1) is 18.5. The zero-order chi connectivity index (χ0) is 18.0. The quantitative estimate of drug-likeness (QED) is 0.349. The Morgan fingerprint density at radius 1 is 1.16 bits per heavy atom. The van der Waals surface area contributed by atoms with Crippen molar-refractivity contribution >= 4 is 44.1 Å². The molecule has 0 bridgehead atoms. The largest absolute Gasteiger partial charge is 0.360 e. The Bertz CT molecular complexity index is 892. The van der Waals surface area contributed by atoms with Crippen LogP contribution in [0, 0.1) is 0 Å². The Hall–Kier alpha value is -1.34. The second-order valence-corrected chi connectivity index (χ2v) is 11.9. The molecule has 8 heteroatoms. The van der Waals surface area contributed by atoms with Crippen LogP contribution in [0.4, 0.5) is 0 Å². The number of fused-ring (bicyclic) bond motifs is 1. The van der Waals surface area contributed by atoms with E-state index in [1.807, 2.05) is 22.8 Å². The van der Waals surface area contributed by atoms with Gasteiger partial charge in [-0.3, -0.25) is 0 Å². The summed E-state index contributed by atoms with van der Waals surface area (Å²) in [5.74, 6) is 1.06. The minimum Gasteiger partial charge on any atom is -0.360 e. The standard InChI is InChI=1S/C17H20Cl2N4OS/c1-25(2,3)7-6-24-11-23-14-9-16(18)21-10-12(14)8-15(23)13-4-5-20-17(19)22-13/h4-5,8-10H,6-7,11H2,1-3H3. The number of halogens is 2. The fourth-order valence-corrected chi connectivity index (χ4v) is 3.34. The Morgan fingerprint density at radius 2 is 1.96 bits per heavy atom. The average Bonchev–Trinajstić information content (AvgIpc) is 2.88. The number of ether oxygens (including phenoxy) is 1. The van der Waals surface area contributed by atoms with E-state index < -0.39 is 10.0 Å². The highest BCUT2D eigenvalue weighted by Crippen LogP contribution is 2.34. The minimum atomic E-state index is -0.586. The van der Waals surface area contributed by atoms with E-state index in [2.05, 4.69) is 33.7 Å². The van der Waals surface area contributed by atoms with Crippen LogP contribution in [0.3, 0.4) is 0 Å². The third-order valence-electron chi connectivity index (χ3n) is 3.70. The van der Waals surface area contributed by atoms with Crippen LogP contribution in [-0.4, -0.2) is 50.6 Å². The lowest BCUT2D eigenvalue weighted by atomic mass is 10.3. The zero-order valence-electron chi connectivity index (χ0n) is 14.4. The van der Waals surface area contributed by atoms with Crippen molar-refractivity contribution in [2.45, 2.75) is 6.73 Å². The first-order chi connectivity index (χ1) is 11.8. The summed E-state index contributed by atoms with van der Waals surface area (Å²) < 4.78 is 7.98. The summed E-state index contributed by atoms with van der Waals surface area (Å²) in [6.07, 6.45) is 10.2. The highest BCUT2D eigenvalue weighted by molar-refractivity contribution is 8.32. The van der Waals surface area contributed by atoms with Gasteiger partial charge in [-0.05, 0) is 48.6 Å². The molecule has 3 rings (SSSR count). The maximum Gasteiger partial charge on any atom is 0.222 e. The van der Waals surface area contributed by atoms with E-state index in [1.165, 1.54) is 0 Å².